The second kappa shape index (κ2) is 6.56. The Morgan fingerprint density at radius 2 is 2.05 bits per heavy atom. The third-order valence-electron chi connectivity index (χ3n) is 3.80. The minimum absolute atomic E-state index is 0.0121. The van der Waals surface area contributed by atoms with Crippen molar-refractivity contribution >= 4 is 11.9 Å². The van der Waals surface area contributed by atoms with Gasteiger partial charge in [0.05, 0.1) is 0 Å². The summed E-state index contributed by atoms with van der Waals surface area (Å²) < 4.78 is 0. The van der Waals surface area contributed by atoms with E-state index in [4.69, 9.17) is 5.11 Å². The molecule has 0 saturated carbocycles. The number of fused-ring (bicyclic) bond motifs is 1. The number of hydrogen-bond acceptors (Lipinski definition) is 3. The lowest BCUT2D eigenvalue weighted by atomic mass is 9.95. The van der Waals surface area contributed by atoms with E-state index in [1.54, 1.807) is 13.1 Å². The number of H-pyrrole nitrogens is 1. The van der Waals surface area contributed by atoms with Crippen LogP contribution in [0, 0.1) is 0 Å². The number of aryl methyl sites for hydroxylation is 2. The third kappa shape index (κ3) is 3.71. The fraction of sp³-hybridized carbons (Fsp3) is 0.533. The Kier molecular flexibility index (Phi) is 4.77. The molecule has 1 aliphatic carbocycles. The van der Waals surface area contributed by atoms with Crippen LogP contribution in [0.15, 0.2) is 10.9 Å². The van der Waals surface area contributed by atoms with E-state index < -0.39 is 5.97 Å². The van der Waals surface area contributed by atoms with E-state index in [-0.39, 0.29) is 23.5 Å². The van der Waals surface area contributed by atoms with E-state index >= 15 is 0 Å². The average Bonchev–Trinajstić information content (AvgIpc) is 2.45. The van der Waals surface area contributed by atoms with Crippen LogP contribution in [0.2, 0.25) is 0 Å². The predicted molar refractivity (Wildman–Crippen MR) is 77.5 cm³/mol. The molecular weight excluding hydrogens is 272 g/mol. The van der Waals surface area contributed by atoms with Gasteiger partial charge in [-0.3, -0.25) is 14.4 Å². The SMILES string of the molecule is CN(CCCC(=O)O)C(=O)c1cc2c([nH]c1=O)CCCC2. The fourth-order valence-corrected chi connectivity index (χ4v) is 2.61. The Bertz CT molecular complexity index is 606. The van der Waals surface area contributed by atoms with Crippen LogP contribution in [0.3, 0.4) is 0 Å². The first-order chi connectivity index (χ1) is 9.99. The summed E-state index contributed by atoms with van der Waals surface area (Å²) in [6.45, 7) is 0.321. The van der Waals surface area contributed by atoms with E-state index in [2.05, 4.69) is 4.98 Å². The van der Waals surface area contributed by atoms with E-state index in [1.165, 1.54) is 4.90 Å². The molecule has 0 fully saturated rings. The van der Waals surface area contributed by atoms with Crippen molar-refractivity contribution in [1.29, 1.82) is 0 Å². The summed E-state index contributed by atoms with van der Waals surface area (Å²) in [6, 6.07) is 1.70. The zero-order chi connectivity index (χ0) is 15.4. The molecule has 1 aromatic heterocycles. The number of aromatic nitrogens is 1. The number of rotatable bonds is 5. The number of pyridine rings is 1. The molecule has 2 rings (SSSR count). The lowest BCUT2D eigenvalue weighted by Gasteiger charge is -2.19. The van der Waals surface area contributed by atoms with Gasteiger partial charge in [0.15, 0.2) is 0 Å². The summed E-state index contributed by atoms with van der Waals surface area (Å²) in [5.74, 6) is -1.24. The highest BCUT2D eigenvalue weighted by Crippen LogP contribution is 2.18. The van der Waals surface area contributed by atoms with Crippen LogP contribution in [-0.2, 0) is 17.6 Å². The van der Waals surface area contributed by atoms with E-state index in [0.717, 1.165) is 36.9 Å². The Morgan fingerprint density at radius 1 is 1.33 bits per heavy atom. The number of amides is 1. The number of hydrogen-bond donors (Lipinski definition) is 2. The first-order valence-corrected chi connectivity index (χ1v) is 7.21. The molecule has 0 bridgehead atoms. The highest BCUT2D eigenvalue weighted by atomic mass is 16.4. The molecule has 1 aliphatic rings. The average molecular weight is 292 g/mol. The standard InChI is InChI=1S/C15H20N2O4/c1-17(8-4-7-13(18)19)15(21)11-9-10-5-2-3-6-12(10)16-14(11)20/h9H,2-8H2,1H3,(H,16,20)(H,18,19). The van der Waals surface area contributed by atoms with Gasteiger partial charge in [-0.25, -0.2) is 0 Å². The smallest absolute Gasteiger partial charge is 0.303 e. The van der Waals surface area contributed by atoms with Crippen molar-refractivity contribution < 1.29 is 14.7 Å². The van der Waals surface area contributed by atoms with Crippen molar-refractivity contribution in [2.75, 3.05) is 13.6 Å². The maximum atomic E-state index is 12.3. The zero-order valence-corrected chi connectivity index (χ0v) is 12.1. The summed E-state index contributed by atoms with van der Waals surface area (Å²) in [7, 11) is 1.59. The highest BCUT2D eigenvalue weighted by molar-refractivity contribution is 5.93. The Balaban J connectivity index is 2.11. The number of carboxylic acids is 1. The summed E-state index contributed by atoms with van der Waals surface area (Å²) >= 11 is 0. The maximum Gasteiger partial charge on any atom is 0.303 e. The van der Waals surface area contributed by atoms with Crippen LogP contribution in [0.1, 0.15) is 47.3 Å². The molecule has 0 aromatic carbocycles. The molecule has 1 aromatic rings. The molecule has 0 atom stereocenters. The van der Waals surface area contributed by atoms with Crippen molar-refractivity contribution in [3.63, 3.8) is 0 Å². The lowest BCUT2D eigenvalue weighted by Crippen LogP contribution is -2.33. The Hall–Kier alpha value is -2.11. The van der Waals surface area contributed by atoms with Gasteiger partial charge in [0.1, 0.15) is 5.56 Å². The summed E-state index contributed by atoms with van der Waals surface area (Å²) in [6.07, 6.45) is 4.26. The molecule has 114 valence electrons. The Morgan fingerprint density at radius 3 is 2.76 bits per heavy atom. The van der Waals surface area contributed by atoms with Gasteiger partial charge in [-0.05, 0) is 43.7 Å². The highest BCUT2D eigenvalue weighted by Gasteiger charge is 2.19. The molecule has 0 spiro atoms. The number of carboxylic acid groups (broad SMARTS) is 1. The van der Waals surface area contributed by atoms with Gasteiger partial charge in [-0.1, -0.05) is 0 Å². The van der Waals surface area contributed by atoms with Crippen molar-refractivity contribution in [2.24, 2.45) is 0 Å². The zero-order valence-electron chi connectivity index (χ0n) is 12.1. The van der Waals surface area contributed by atoms with Crippen LogP contribution in [0.4, 0.5) is 0 Å². The molecule has 1 amide bonds. The van der Waals surface area contributed by atoms with Crippen molar-refractivity contribution in [2.45, 2.75) is 38.5 Å². The predicted octanol–water partition coefficient (Wildman–Crippen LogP) is 1.19. The second-order valence-electron chi connectivity index (χ2n) is 5.45. The van der Waals surface area contributed by atoms with Crippen molar-refractivity contribution in [1.82, 2.24) is 9.88 Å². The van der Waals surface area contributed by atoms with Crippen molar-refractivity contribution in [3.05, 3.63) is 33.2 Å². The number of aromatic amines is 1. The van der Waals surface area contributed by atoms with Gasteiger partial charge >= 0.3 is 5.97 Å². The summed E-state index contributed by atoms with van der Waals surface area (Å²) in [4.78, 5) is 39.0. The maximum absolute atomic E-state index is 12.3. The van der Waals surface area contributed by atoms with Crippen molar-refractivity contribution in [3.8, 4) is 0 Å². The second-order valence-corrected chi connectivity index (χ2v) is 5.45. The van der Waals surface area contributed by atoms with E-state index in [1.807, 2.05) is 0 Å². The lowest BCUT2D eigenvalue weighted by molar-refractivity contribution is -0.137. The van der Waals surface area contributed by atoms with Crippen LogP contribution < -0.4 is 5.56 Å². The quantitative estimate of drug-likeness (QED) is 0.853. The molecule has 6 heteroatoms. The third-order valence-corrected chi connectivity index (χ3v) is 3.80. The molecular formula is C15H20N2O4. The monoisotopic (exact) mass is 292 g/mol. The van der Waals surface area contributed by atoms with Crippen LogP contribution in [0.5, 0.6) is 0 Å². The van der Waals surface area contributed by atoms with Gasteiger partial charge in [-0.2, -0.15) is 0 Å². The van der Waals surface area contributed by atoms with Crippen LogP contribution in [0.25, 0.3) is 0 Å². The molecule has 1 heterocycles. The van der Waals surface area contributed by atoms with Gasteiger partial charge in [0, 0.05) is 25.7 Å². The Labute approximate surface area is 122 Å². The first kappa shape index (κ1) is 15.3. The minimum Gasteiger partial charge on any atom is -0.481 e. The van der Waals surface area contributed by atoms with Gasteiger partial charge in [0.25, 0.3) is 11.5 Å². The largest absolute Gasteiger partial charge is 0.481 e. The van der Waals surface area contributed by atoms with E-state index in [0.29, 0.717) is 13.0 Å². The van der Waals surface area contributed by atoms with Crippen LogP contribution >= 0.6 is 0 Å². The molecule has 21 heavy (non-hydrogen) atoms. The number of aliphatic carboxylic acids is 1. The molecule has 0 unspecified atom stereocenters. The fourth-order valence-electron chi connectivity index (χ4n) is 2.61. The molecule has 0 aliphatic heterocycles. The summed E-state index contributed by atoms with van der Waals surface area (Å²) in [5.41, 5.74) is 1.78. The van der Waals surface area contributed by atoms with Gasteiger partial charge < -0.3 is 15.0 Å². The normalized spacial score (nSPS) is 13.6. The number of nitrogens with one attached hydrogen (secondary N) is 1. The topological polar surface area (TPSA) is 90.5 Å². The number of carbonyl (C=O) groups is 2. The summed E-state index contributed by atoms with van der Waals surface area (Å²) in [5, 5.41) is 8.60. The molecule has 0 saturated heterocycles. The van der Waals surface area contributed by atoms with E-state index in [9.17, 15) is 14.4 Å². The molecule has 0 radical (unpaired) electrons. The number of carbonyl (C=O) groups excluding carboxylic acids is 1. The number of nitrogens with zero attached hydrogens (tertiary/aromatic N) is 1. The molecule has 2 N–H and O–H groups in total. The minimum atomic E-state index is -0.887. The first-order valence-electron chi connectivity index (χ1n) is 7.21. The van der Waals surface area contributed by atoms with Gasteiger partial charge in [-0.15, -0.1) is 0 Å². The molecule has 6 nitrogen and oxygen atoms in total. The van der Waals surface area contributed by atoms with Crippen LogP contribution in [-0.4, -0.2) is 40.5 Å². The van der Waals surface area contributed by atoms with Gasteiger partial charge in [0.2, 0.25) is 0 Å².